The van der Waals surface area contributed by atoms with E-state index in [9.17, 15) is 0 Å². The Morgan fingerprint density at radius 3 is 3.19 bits per heavy atom. The lowest BCUT2D eigenvalue weighted by molar-refractivity contribution is 0.138. The van der Waals surface area contributed by atoms with E-state index in [0.717, 1.165) is 35.7 Å². The van der Waals surface area contributed by atoms with Crippen LogP contribution in [0.15, 0.2) is 24.7 Å². The summed E-state index contributed by atoms with van der Waals surface area (Å²) in [6.07, 6.45) is 8.02. The summed E-state index contributed by atoms with van der Waals surface area (Å²) in [7, 11) is 0. The third kappa shape index (κ3) is 3.01. The second kappa shape index (κ2) is 6.81. The minimum absolute atomic E-state index is 0.112. The highest BCUT2D eigenvalue weighted by atomic mass is 32.1. The Balaban J connectivity index is 1.34. The molecule has 4 heterocycles. The van der Waals surface area contributed by atoms with E-state index in [1.54, 1.807) is 12.5 Å². The van der Waals surface area contributed by atoms with E-state index in [2.05, 4.69) is 20.3 Å². The molecule has 3 aromatic heterocycles. The normalized spacial score (nSPS) is 19.0. The van der Waals surface area contributed by atoms with Crippen molar-refractivity contribution in [2.24, 2.45) is 0 Å². The summed E-state index contributed by atoms with van der Waals surface area (Å²) in [5, 5.41) is 4.70. The second-order valence-corrected chi connectivity index (χ2v) is 7.80. The molecule has 0 radical (unpaired) electrons. The van der Waals surface area contributed by atoms with Gasteiger partial charge in [0.05, 0.1) is 18.6 Å². The van der Waals surface area contributed by atoms with Gasteiger partial charge in [0.15, 0.2) is 0 Å². The molecule has 0 spiro atoms. The molecule has 1 aliphatic carbocycles. The Labute approximate surface area is 155 Å². The molecular formula is C19H20N4O2S. The molecule has 0 aromatic carbocycles. The summed E-state index contributed by atoms with van der Waals surface area (Å²) in [6, 6.07) is 3.99. The van der Waals surface area contributed by atoms with Gasteiger partial charge in [-0.1, -0.05) is 0 Å². The van der Waals surface area contributed by atoms with Crippen molar-refractivity contribution in [3.63, 3.8) is 0 Å². The van der Waals surface area contributed by atoms with Gasteiger partial charge in [-0.25, -0.2) is 15.0 Å². The Kier molecular flexibility index (Phi) is 4.18. The van der Waals surface area contributed by atoms with Crippen molar-refractivity contribution in [2.45, 2.75) is 38.3 Å². The van der Waals surface area contributed by atoms with Crippen molar-refractivity contribution < 1.29 is 9.47 Å². The molecule has 134 valence electrons. The highest BCUT2D eigenvalue weighted by Gasteiger charge is 2.21. The average molecular weight is 368 g/mol. The molecule has 1 saturated heterocycles. The molecule has 3 aromatic rings. The van der Waals surface area contributed by atoms with Gasteiger partial charge in [0.25, 0.3) is 0 Å². The van der Waals surface area contributed by atoms with Crippen LogP contribution in [0.4, 0.5) is 5.82 Å². The smallest absolute Gasteiger partial charge is 0.213 e. The van der Waals surface area contributed by atoms with E-state index < -0.39 is 0 Å². The zero-order chi connectivity index (χ0) is 17.3. The molecule has 1 N–H and O–H groups in total. The number of rotatable bonds is 5. The minimum Gasteiger partial charge on any atom is -0.472 e. The van der Waals surface area contributed by atoms with Gasteiger partial charge in [-0.05, 0) is 36.5 Å². The first-order valence-electron chi connectivity index (χ1n) is 9.05. The summed E-state index contributed by atoms with van der Waals surface area (Å²) in [4.78, 5) is 15.8. The van der Waals surface area contributed by atoms with Gasteiger partial charge in [-0.15, -0.1) is 11.3 Å². The van der Waals surface area contributed by atoms with E-state index in [1.807, 2.05) is 23.5 Å². The lowest BCUT2D eigenvalue weighted by Gasteiger charge is -2.12. The largest absolute Gasteiger partial charge is 0.472 e. The van der Waals surface area contributed by atoms with Crippen molar-refractivity contribution >= 4 is 27.4 Å². The number of nitrogens with one attached hydrogen (secondary N) is 1. The number of fused-ring (bicyclic) bond motifs is 3. The number of thiophene rings is 1. The SMILES string of the molecule is c1cc(CNc2ncnc3sc4c(c23)CCC4)cc(OC2CCOC2)n1. The van der Waals surface area contributed by atoms with Gasteiger partial charge in [-0.2, -0.15) is 0 Å². The molecular weight excluding hydrogens is 348 g/mol. The first-order chi connectivity index (χ1) is 12.9. The van der Waals surface area contributed by atoms with Crippen molar-refractivity contribution in [1.82, 2.24) is 15.0 Å². The molecule has 1 unspecified atom stereocenters. The summed E-state index contributed by atoms with van der Waals surface area (Å²) >= 11 is 1.81. The van der Waals surface area contributed by atoms with Crippen LogP contribution in [0.3, 0.4) is 0 Å². The monoisotopic (exact) mass is 368 g/mol. The van der Waals surface area contributed by atoms with E-state index >= 15 is 0 Å². The highest BCUT2D eigenvalue weighted by molar-refractivity contribution is 7.19. The van der Waals surface area contributed by atoms with Gasteiger partial charge < -0.3 is 14.8 Å². The van der Waals surface area contributed by atoms with Crippen molar-refractivity contribution in [2.75, 3.05) is 18.5 Å². The zero-order valence-corrected chi connectivity index (χ0v) is 15.2. The number of hydrogen-bond acceptors (Lipinski definition) is 7. The van der Waals surface area contributed by atoms with Crippen LogP contribution in [0.1, 0.15) is 28.8 Å². The summed E-state index contributed by atoms with van der Waals surface area (Å²) in [5.41, 5.74) is 2.56. The predicted molar refractivity (Wildman–Crippen MR) is 101 cm³/mol. The molecule has 1 atom stereocenters. The Hall–Kier alpha value is -2.25. The molecule has 26 heavy (non-hydrogen) atoms. The first-order valence-corrected chi connectivity index (χ1v) is 9.87. The number of ether oxygens (including phenoxy) is 2. The van der Waals surface area contributed by atoms with Crippen molar-refractivity contribution in [1.29, 1.82) is 0 Å². The maximum atomic E-state index is 5.90. The Bertz CT molecular complexity index is 936. The molecule has 0 bridgehead atoms. The van der Waals surface area contributed by atoms with Gasteiger partial charge >= 0.3 is 0 Å². The van der Waals surface area contributed by atoms with E-state index in [4.69, 9.17) is 9.47 Å². The standard InChI is InChI=1S/C19H20N4O2S/c1-2-14-15(3-1)26-19-17(14)18(22-11-23-19)21-9-12-4-6-20-16(8-12)25-13-5-7-24-10-13/h4,6,8,11,13H,1-3,5,7,9-10H2,(H,21,22,23). The Morgan fingerprint density at radius 2 is 2.27 bits per heavy atom. The fourth-order valence-corrected chi connectivity index (χ4v) is 4.88. The number of anilines is 1. The summed E-state index contributed by atoms with van der Waals surface area (Å²) in [5.74, 6) is 1.59. The average Bonchev–Trinajstić information content (AvgIpc) is 3.37. The van der Waals surface area contributed by atoms with E-state index in [0.29, 0.717) is 19.0 Å². The maximum absolute atomic E-state index is 5.90. The third-order valence-corrected chi connectivity index (χ3v) is 6.14. The number of nitrogens with zero attached hydrogens (tertiary/aromatic N) is 3. The second-order valence-electron chi connectivity index (χ2n) is 6.72. The third-order valence-electron chi connectivity index (χ3n) is 4.94. The van der Waals surface area contributed by atoms with Crippen molar-refractivity contribution in [3.05, 3.63) is 40.7 Å². The lowest BCUT2D eigenvalue weighted by Crippen LogP contribution is -2.16. The fourth-order valence-electron chi connectivity index (χ4n) is 3.65. The maximum Gasteiger partial charge on any atom is 0.213 e. The molecule has 0 amide bonds. The minimum atomic E-state index is 0.112. The molecule has 7 heteroatoms. The molecule has 1 fully saturated rings. The van der Waals surface area contributed by atoms with Crippen LogP contribution in [-0.2, 0) is 24.1 Å². The van der Waals surface area contributed by atoms with E-state index in [1.165, 1.54) is 28.7 Å². The van der Waals surface area contributed by atoms with Crippen LogP contribution >= 0.6 is 11.3 Å². The number of hydrogen-bond donors (Lipinski definition) is 1. The zero-order valence-electron chi connectivity index (χ0n) is 14.4. The topological polar surface area (TPSA) is 69.2 Å². The van der Waals surface area contributed by atoms with Crippen molar-refractivity contribution in [3.8, 4) is 5.88 Å². The quantitative estimate of drug-likeness (QED) is 0.745. The number of pyridine rings is 1. The van der Waals surface area contributed by atoms with Crippen LogP contribution < -0.4 is 10.1 Å². The Morgan fingerprint density at radius 1 is 1.27 bits per heavy atom. The summed E-state index contributed by atoms with van der Waals surface area (Å²) < 4.78 is 11.3. The van der Waals surface area contributed by atoms with Gasteiger partial charge in [0, 0.05) is 30.1 Å². The molecule has 6 nitrogen and oxygen atoms in total. The summed E-state index contributed by atoms with van der Waals surface area (Å²) in [6.45, 7) is 2.09. The van der Waals surface area contributed by atoms with Gasteiger partial charge in [0.1, 0.15) is 23.1 Å². The predicted octanol–water partition coefficient (Wildman–Crippen LogP) is 3.35. The number of aromatic nitrogens is 3. The highest BCUT2D eigenvalue weighted by Crippen LogP contribution is 2.39. The van der Waals surface area contributed by atoms with Crippen LogP contribution in [-0.4, -0.2) is 34.3 Å². The lowest BCUT2D eigenvalue weighted by atomic mass is 10.2. The van der Waals surface area contributed by atoms with Crippen LogP contribution in [0, 0.1) is 0 Å². The van der Waals surface area contributed by atoms with Crippen LogP contribution in [0.25, 0.3) is 10.2 Å². The molecule has 2 aliphatic rings. The van der Waals surface area contributed by atoms with Gasteiger partial charge in [-0.3, -0.25) is 0 Å². The first kappa shape index (κ1) is 16.0. The van der Waals surface area contributed by atoms with Gasteiger partial charge in [0.2, 0.25) is 5.88 Å². The fraction of sp³-hybridized carbons (Fsp3) is 0.421. The van der Waals surface area contributed by atoms with Crippen LogP contribution in [0.5, 0.6) is 5.88 Å². The molecule has 5 rings (SSSR count). The number of aryl methyl sites for hydroxylation is 2. The van der Waals surface area contributed by atoms with E-state index in [-0.39, 0.29) is 6.10 Å². The molecule has 1 aliphatic heterocycles. The molecule has 0 saturated carbocycles. The van der Waals surface area contributed by atoms with Crippen LogP contribution in [0.2, 0.25) is 0 Å².